The molecule has 0 aliphatic heterocycles. The first kappa shape index (κ1) is 18.8. The molecule has 4 nitrogen and oxygen atoms in total. The summed E-state index contributed by atoms with van der Waals surface area (Å²) in [5.74, 6) is -1.35. The Bertz CT molecular complexity index is 666. The van der Waals surface area contributed by atoms with Crippen LogP contribution in [0, 0.1) is 0 Å². The molecule has 0 aliphatic rings. The summed E-state index contributed by atoms with van der Waals surface area (Å²) in [6, 6.07) is 9.78. The number of halogens is 1. The smallest absolute Gasteiger partial charge is 0.545 e. The molecule has 1 heterocycles. The van der Waals surface area contributed by atoms with Crippen molar-refractivity contribution in [3.63, 3.8) is 0 Å². The maximum absolute atomic E-state index is 11.9. The van der Waals surface area contributed by atoms with Crippen molar-refractivity contribution in [3.05, 3.63) is 58.7 Å². The van der Waals surface area contributed by atoms with Crippen molar-refractivity contribution in [1.29, 1.82) is 0 Å². The second-order valence-electron chi connectivity index (χ2n) is 3.92. The quantitative estimate of drug-likeness (QED) is 0.523. The first-order valence-electron chi connectivity index (χ1n) is 5.68. The van der Waals surface area contributed by atoms with E-state index < -0.39 is 5.97 Å². The van der Waals surface area contributed by atoms with Crippen LogP contribution in [0.15, 0.2) is 47.6 Å². The SMILES string of the molecule is O=C(Cc1cccc(Cl)c1)Sc1ncccc1C(=O)[O-].[K+]. The number of aromatic nitrogens is 1. The number of carboxylic acid groups (broad SMARTS) is 1. The van der Waals surface area contributed by atoms with E-state index in [2.05, 4.69) is 4.98 Å². The summed E-state index contributed by atoms with van der Waals surface area (Å²) in [5, 5.41) is 11.4. The minimum atomic E-state index is -1.35. The minimum Gasteiger partial charge on any atom is -0.545 e. The molecule has 21 heavy (non-hydrogen) atoms. The van der Waals surface area contributed by atoms with Crippen LogP contribution < -0.4 is 56.5 Å². The van der Waals surface area contributed by atoms with Gasteiger partial charge in [-0.1, -0.05) is 23.7 Å². The molecule has 2 aromatic rings. The number of hydrogen-bond acceptors (Lipinski definition) is 5. The molecular formula is C14H9ClKNO3S. The van der Waals surface area contributed by atoms with Crippen LogP contribution in [-0.2, 0) is 11.2 Å². The van der Waals surface area contributed by atoms with Crippen LogP contribution in [0.5, 0.6) is 0 Å². The van der Waals surface area contributed by atoms with Gasteiger partial charge in [-0.25, -0.2) is 4.98 Å². The van der Waals surface area contributed by atoms with Crippen molar-refractivity contribution >= 4 is 34.4 Å². The average Bonchev–Trinajstić information content (AvgIpc) is 2.38. The van der Waals surface area contributed by atoms with Gasteiger partial charge in [-0.15, -0.1) is 0 Å². The van der Waals surface area contributed by atoms with Gasteiger partial charge in [0.15, 0.2) is 5.12 Å². The number of nitrogens with zero attached hydrogens (tertiary/aromatic N) is 1. The fourth-order valence-electron chi connectivity index (χ4n) is 1.59. The predicted molar refractivity (Wildman–Crippen MR) is 74.6 cm³/mol. The summed E-state index contributed by atoms with van der Waals surface area (Å²) < 4.78 is 0. The van der Waals surface area contributed by atoms with Gasteiger partial charge in [0.05, 0.1) is 5.97 Å². The fraction of sp³-hybridized carbons (Fsp3) is 0.0714. The van der Waals surface area contributed by atoms with Gasteiger partial charge >= 0.3 is 51.4 Å². The molecule has 0 N–H and O–H groups in total. The molecule has 0 bridgehead atoms. The summed E-state index contributed by atoms with van der Waals surface area (Å²) in [7, 11) is 0. The van der Waals surface area contributed by atoms with Crippen LogP contribution in [0.3, 0.4) is 0 Å². The zero-order valence-corrected chi connectivity index (χ0v) is 15.9. The van der Waals surface area contributed by atoms with E-state index in [0.29, 0.717) is 5.02 Å². The van der Waals surface area contributed by atoms with E-state index in [9.17, 15) is 14.7 Å². The van der Waals surface area contributed by atoms with Crippen LogP contribution >= 0.6 is 23.4 Å². The number of hydrogen-bond donors (Lipinski definition) is 0. The number of thioether (sulfide) groups is 1. The largest absolute Gasteiger partial charge is 1.00 e. The van der Waals surface area contributed by atoms with Crippen molar-refractivity contribution < 1.29 is 66.1 Å². The van der Waals surface area contributed by atoms with E-state index in [4.69, 9.17) is 11.6 Å². The standard InChI is InChI=1S/C14H10ClNO3S.K/c15-10-4-1-3-9(7-10)8-12(17)20-13-11(14(18)19)5-2-6-16-13;/h1-7H,8H2,(H,18,19);/q;+1/p-1. The maximum atomic E-state index is 11.9. The second-order valence-corrected chi connectivity index (χ2v) is 5.41. The fourth-order valence-corrected chi connectivity index (χ4v) is 2.63. The average molecular weight is 346 g/mol. The van der Waals surface area contributed by atoms with Crippen molar-refractivity contribution in [2.75, 3.05) is 0 Å². The molecule has 0 aliphatic carbocycles. The molecule has 0 unspecified atom stereocenters. The topological polar surface area (TPSA) is 70.1 Å². The molecule has 0 saturated carbocycles. The molecule has 1 aromatic heterocycles. The minimum absolute atomic E-state index is 0. The van der Waals surface area contributed by atoms with Crippen LogP contribution in [0.1, 0.15) is 15.9 Å². The number of rotatable bonds is 4. The molecule has 0 spiro atoms. The third-order valence-electron chi connectivity index (χ3n) is 2.44. The Morgan fingerprint density at radius 3 is 2.67 bits per heavy atom. The van der Waals surface area contributed by atoms with E-state index in [-0.39, 0.29) is 73.5 Å². The number of carbonyl (C=O) groups is 2. The summed E-state index contributed by atoms with van der Waals surface area (Å²) >= 11 is 6.62. The molecule has 1 aromatic carbocycles. The van der Waals surface area contributed by atoms with Crippen LogP contribution in [-0.4, -0.2) is 16.1 Å². The van der Waals surface area contributed by atoms with E-state index in [0.717, 1.165) is 17.3 Å². The normalized spacial score (nSPS) is 9.76. The zero-order chi connectivity index (χ0) is 14.5. The van der Waals surface area contributed by atoms with E-state index >= 15 is 0 Å². The van der Waals surface area contributed by atoms with Crippen LogP contribution in [0.2, 0.25) is 5.02 Å². The Morgan fingerprint density at radius 2 is 2.00 bits per heavy atom. The van der Waals surface area contributed by atoms with E-state index in [1.54, 1.807) is 24.3 Å². The van der Waals surface area contributed by atoms with Crippen molar-refractivity contribution in [2.45, 2.75) is 11.4 Å². The first-order valence-corrected chi connectivity index (χ1v) is 6.87. The maximum Gasteiger partial charge on any atom is 1.00 e. The Kier molecular flexibility index (Phi) is 8.11. The second kappa shape index (κ2) is 9.04. The summed E-state index contributed by atoms with van der Waals surface area (Å²) in [6.07, 6.45) is 1.58. The number of carboxylic acids is 1. The summed E-state index contributed by atoms with van der Waals surface area (Å²) in [5.41, 5.74) is 0.679. The number of carbonyl (C=O) groups excluding carboxylic acids is 2. The van der Waals surface area contributed by atoms with Crippen LogP contribution in [0.25, 0.3) is 0 Å². The molecular weight excluding hydrogens is 337 g/mol. The Morgan fingerprint density at radius 1 is 1.24 bits per heavy atom. The van der Waals surface area contributed by atoms with E-state index in [1.165, 1.54) is 18.3 Å². The van der Waals surface area contributed by atoms with Crippen molar-refractivity contribution in [3.8, 4) is 0 Å². The molecule has 0 amide bonds. The molecule has 0 saturated heterocycles. The Labute approximate surface area is 173 Å². The van der Waals surface area contributed by atoms with Crippen molar-refractivity contribution in [1.82, 2.24) is 4.98 Å². The number of pyridine rings is 1. The number of benzene rings is 1. The van der Waals surface area contributed by atoms with Gasteiger partial charge in [0, 0.05) is 23.2 Å². The molecule has 0 atom stereocenters. The number of aromatic carboxylic acids is 1. The molecule has 0 fully saturated rings. The molecule has 2 rings (SSSR count). The van der Waals surface area contributed by atoms with Gasteiger partial charge in [-0.3, -0.25) is 4.79 Å². The van der Waals surface area contributed by atoms with Crippen LogP contribution in [0.4, 0.5) is 0 Å². The third kappa shape index (κ3) is 5.82. The van der Waals surface area contributed by atoms with Gasteiger partial charge in [0.25, 0.3) is 0 Å². The van der Waals surface area contributed by atoms with Gasteiger partial charge in [0.2, 0.25) is 0 Å². The van der Waals surface area contributed by atoms with Gasteiger partial charge < -0.3 is 9.90 Å². The van der Waals surface area contributed by atoms with Crippen molar-refractivity contribution in [2.24, 2.45) is 0 Å². The van der Waals surface area contributed by atoms with Gasteiger partial charge in [-0.05, 0) is 41.6 Å². The zero-order valence-electron chi connectivity index (χ0n) is 11.2. The molecule has 0 radical (unpaired) electrons. The Hall–Kier alpha value is -0.214. The molecule has 102 valence electrons. The molecule has 7 heteroatoms. The summed E-state index contributed by atoms with van der Waals surface area (Å²) in [4.78, 5) is 26.7. The van der Waals surface area contributed by atoms with E-state index in [1.807, 2.05) is 0 Å². The Balaban J connectivity index is 0.00000220. The predicted octanol–water partition coefficient (Wildman–Crippen LogP) is -1.04. The first-order chi connectivity index (χ1) is 9.56. The third-order valence-corrected chi connectivity index (χ3v) is 3.56. The monoisotopic (exact) mass is 345 g/mol. The van der Waals surface area contributed by atoms with Gasteiger partial charge in [0.1, 0.15) is 5.03 Å². The van der Waals surface area contributed by atoms with Gasteiger partial charge in [-0.2, -0.15) is 0 Å². The summed E-state index contributed by atoms with van der Waals surface area (Å²) in [6.45, 7) is 0.